The Balaban J connectivity index is 1.79. The molecule has 0 bridgehead atoms. The molecule has 0 aliphatic heterocycles. The van der Waals surface area contributed by atoms with Gasteiger partial charge in [-0.3, -0.25) is 4.79 Å². The Hall–Kier alpha value is -3.16. The van der Waals surface area contributed by atoms with Crippen LogP contribution in [0, 0.1) is 11.3 Å². The molecule has 3 aromatic carbocycles. The van der Waals surface area contributed by atoms with Crippen LogP contribution in [0.1, 0.15) is 39.4 Å². The summed E-state index contributed by atoms with van der Waals surface area (Å²) in [5, 5.41) is 10.2. The number of nitrogens with one attached hydrogen (secondary N) is 1. The Labute approximate surface area is 171 Å². The number of benzene rings is 3. The summed E-state index contributed by atoms with van der Waals surface area (Å²) in [5.41, 5.74) is 4.44. The number of rotatable bonds is 5. The van der Waals surface area contributed by atoms with Gasteiger partial charge in [0.15, 0.2) is 5.78 Å². The fourth-order valence-electron chi connectivity index (χ4n) is 3.53. The lowest BCUT2D eigenvalue weighted by Gasteiger charge is -2.17. The van der Waals surface area contributed by atoms with Crippen LogP contribution in [0.5, 0.6) is 0 Å². The highest BCUT2D eigenvalue weighted by molar-refractivity contribution is 9.10. The molecule has 28 heavy (non-hydrogen) atoms. The van der Waals surface area contributed by atoms with Gasteiger partial charge in [0.2, 0.25) is 0 Å². The second-order valence-corrected chi connectivity index (χ2v) is 7.63. The number of halogens is 1. The van der Waals surface area contributed by atoms with Crippen molar-refractivity contribution in [2.45, 2.75) is 12.3 Å². The number of fused-ring (bicyclic) bond motifs is 1. The van der Waals surface area contributed by atoms with Gasteiger partial charge in [0, 0.05) is 39.5 Å². The number of nitrogens with zero attached hydrogens (tertiary/aromatic N) is 1. The predicted octanol–water partition coefficient (Wildman–Crippen LogP) is 6.21. The molecule has 0 aliphatic rings. The van der Waals surface area contributed by atoms with E-state index in [0.29, 0.717) is 17.5 Å². The van der Waals surface area contributed by atoms with Gasteiger partial charge in [0.25, 0.3) is 0 Å². The van der Waals surface area contributed by atoms with Crippen molar-refractivity contribution < 1.29 is 4.79 Å². The summed E-state index contributed by atoms with van der Waals surface area (Å²) in [6.07, 6.45) is 2.34. The van der Waals surface area contributed by atoms with E-state index in [2.05, 4.69) is 33.0 Å². The van der Waals surface area contributed by atoms with Gasteiger partial charge < -0.3 is 4.98 Å². The lowest BCUT2D eigenvalue weighted by molar-refractivity contribution is 0.0978. The minimum Gasteiger partial charge on any atom is -0.361 e. The SMILES string of the molecule is N#Cc1ccc(C(CC(=O)c2ccccc2)c2c[nH]c3ccc(Br)cc23)cc1. The zero-order chi connectivity index (χ0) is 19.5. The Morgan fingerprint density at radius 1 is 1.04 bits per heavy atom. The number of carbonyl (C=O) groups is 1. The van der Waals surface area contributed by atoms with Gasteiger partial charge >= 0.3 is 0 Å². The molecule has 0 amide bonds. The quantitative estimate of drug-likeness (QED) is 0.384. The Bertz CT molecular complexity index is 1170. The van der Waals surface area contributed by atoms with Crippen LogP contribution in [-0.4, -0.2) is 10.8 Å². The molecule has 0 saturated heterocycles. The standard InChI is InChI=1S/C24H17BrN2O/c25-19-10-11-23-21(12-19)22(15-27-23)20(17-8-6-16(14-26)7-9-17)13-24(28)18-4-2-1-3-5-18/h1-12,15,20,27H,13H2. The molecule has 1 atom stereocenters. The molecule has 1 N–H and O–H groups in total. The van der Waals surface area contributed by atoms with Crippen LogP contribution in [0.25, 0.3) is 10.9 Å². The van der Waals surface area contributed by atoms with Gasteiger partial charge in [0.05, 0.1) is 11.6 Å². The minimum absolute atomic E-state index is 0.0966. The smallest absolute Gasteiger partial charge is 0.163 e. The molecule has 1 unspecified atom stereocenters. The molecule has 136 valence electrons. The van der Waals surface area contributed by atoms with Crippen LogP contribution in [-0.2, 0) is 0 Å². The summed E-state index contributed by atoms with van der Waals surface area (Å²) < 4.78 is 0.994. The summed E-state index contributed by atoms with van der Waals surface area (Å²) in [5.74, 6) is -0.0113. The second-order valence-electron chi connectivity index (χ2n) is 6.71. The molecule has 4 heteroatoms. The zero-order valence-corrected chi connectivity index (χ0v) is 16.6. The third-order valence-electron chi connectivity index (χ3n) is 4.98. The van der Waals surface area contributed by atoms with Crippen molar-refractivity contribution in [3.8, 4) is 6.07 Å². The lowest BCUT2D eigenvalue weighted by Crippen LogP contribution is -2.09. The van der Waals surface area contributed by atoms with Crippen LogP contribution >= 0.6 is 15.9 Å². The van der Waals surface area contributed by atoms with Crippen LogP contribution in [0.4, 0.5) is 0 Å². The molecule has 1 aromatic heterocycles. The molecule has 3 nitrogen and oxygen atoms in total. The maximum atomic E-state index is 13.0. The van der Waals surface area contributed by atoms with Crippen LogP contribution < -0.4 is 0 Å². The Kier molecular flexibility index (Phi) is 5.10. The Morgan fingerprint density at radius 2 is 1.79 bits per heavy atom. The number of hydrogen-bond acceptors (Lipinski definition) is 2. The molecule has 4 aromatic rings. The van der Waals surface area contributed by atoms with Gasteiger partial charge in [-0.1, -0.05) is 58.4 Å². The third kappa shape index (κ3) is 3.62. The highest BCUT2D eigenvalue weighted by atomic mass is 79.9. The summed E-state index contributed by atoms with van der Waals surface area (Å²) in [6.45, 7) is 0. The van der Waals surface area contributed by atoms with Gasteiger partial charge in [-0.05, 0) is 41.5 Å². The van der Waals surface area contributed by atoms with Crippen molar-refractivity contribution in [3.63, 3.8) is 0 Å². The number of aromatic nitrogens is 1. The monoisotopic (exact) mass is 428 g/mol. The average Bonchev–Trinajstić information content (AvgIpc) is 3.15. The number of H-pyrrole nitrogens is 1. The minimum atomic E-state index is -0.108. The molecule has 0 fully saturated rings. The molecule has 4 rings (SSSR count). The van der Waals surface area contributed by atoms with E-state index in [1.54, 1.807) is 12.1 Å². The topological polar surface area (TPSA) is 56.6 Å². The first-order valence-corrected chi connectivity index (χ1v) is 9.80. The molecule has 1 heterocycles. The fraction of sp³-hybridized carbons (Fsp3) is 0.0833. The third-order valence-corrected chi connectivity index (χ3v) is 5.47. The lowest BCUT2D eigenvalue weighted by atomic mass is 9.85. The van der Waals surface area contributed by atoms with Crippen LogP contribution in [0.15, 0.2) is 83.5 Å². The van der Waals surface area contributed by atoms with E-state index in [9.17, 15) is 4.79 Å². The fourth-order valence-corrected chi connectivity index (χ4v) is 3.89. The number of aromatic amines is 1. The number of carbonyl (C=O) groups excluding carboxylic acids is 1. The molecule has 0 radical (unpaired) electrons. The number of hydrogen-bond donors (Lipinski definition) is 1. The highest BCUT2D eigenvalue weighted by Gasteiger charge is 2.22. The molecular weight excluding hydrogens is 412 g/mol. The van der Waals surface area contributed by atoms with Gasteiger partial charge in [-0.15, -0.1) is 0 Å². The highest BCUT2D eigenvalue weighted by Crippen LogP contribution is 2.35. The first-order valence-electron chi connectivity index (χ1n) is 9.00. The van der Waals surface area contributed by atoms with Crippen molar-refractivity contribution in [1.29, 1.82) is 5.26 Å². The average molecular weight is 429 g/mol. The van der Waals surface area contributed by atoms with Crippen molar-refractivity contribution >= 4 is 32.6 Å². The Morgan fingerprint density at radius 3 is 2.50 bits per heavy atom. The van der Waals surface area contributed by atoms with Crippen molar-refractivity contribution in [3.05, 3.63) is 106 Å². The van der Waals surface area contributed by atoms with E-state index in [4.69, 9.17) is 5.26 Å². The van der Waals surface area contributed by atoms with Crippen molar-refractivity contribution in [2.24, 2.45) is 0 Å². The molecule has 0 aliphatic carbocycles. The predicted molar refractivity (Wildman–Crippen MR) is 114 cm³/mol. The maximum absolute atomic E-state index is 13.0. The molecule has 0 saturated carbocycles. The number of nitriles is 1. The summed E-state index contributed by atoms with van der Waals surface area (Å²) >= 11 is 3.55. The number of ketones is 1. The van der Waals surface area contributed by atoms with Crippen molar-refractivity contribution in [2.75, 3.05) is 0 Å². The van der Waals surface area contributed by atoms with E-state index in [1.807, 2.05) is 60.8 Å². The normalized spacial score (nSPS) is 11.9. The van der Waals surface area contributed by atoms with Gasteiger partial charge in [0.1, 0.15) is 0 Å². The van der Waals surface area contributed by atoms with E-state index in [-0.39, 0.29) is 11.7 Å². The molecule has 0 spiro atoms. The van der Waals surface area contributed by atoms with Crippen LogP contribution in [0.3, 0.4) is 0 Å². The first kappa shape index (κ1) is 18.2. The summed E-state index contributed by atoms with van der Waals surface area (Å²) in [7, 11) is 0. The second kappa shape index (κ2) is 7.84. The number of Topliss-reactive ketones (excluding diaryl/α,β-unsaturated/α-hetero) is 1. The molecular formula is C24H17BrN2O. The van der Waals surface area contributed by atoms with E-state index in [0.717, 1.165) is 26.5 Å². The first-order chi connectivity index (χ1) is 13.7. The van der Waals surface area contributed by atoms with E-state index < -0.39 is 0 Å². The van der Waals surface area contributed by atoms with Crippen LogP contribution in [0.2, 0.25) is 0 Å². The summed E-state index contributed by atoms with van der Waals surface area (Å²) in [6, 6.07) is 25.1. The van der Waals surface area contributed by atoms with Gasteiger partial charge in [-0.2, -0.15) is 5.26 Å². The summed E-state index contributed by atoms with van der Waals surface area (Å²) in [4.78, 5) is 16.3. The zero-order valence-electron chi connectivity index (χ0n) is 15.0. The van der Waals surface area contributed by atoms with E-state index in [1.165, 1.54) is 0 Å². The van der Waals surface area contributed by atoms with E-state index >= 15 is 0 Å². The maximum Gasteiger partial charge on any atom is 0.163 e. The van der Waals surface area contributed by atoms with Gasteiger partial charge in [-0.25, -0.2) is 0 Å². The largest absolute Gasteiger partial charge is 0.361 e. The van der Waals surface area contributed by atoms with Crippen molar-refractivity contribution in [1.82, 2.24) is 4.98 Å².